The summed E-state index contributed by atoms with van der Waals surface area (Å²) >= 11 is 0. The predicted octanol–water partition coefficient (Wildman–Crippen LogP) is 1.59. The standard InChI is InChI=1S/C12H22N2O/c1-8(2)5-10-13-7-11(15)14(10)9-6-12(9,3)4/h8-10,13H,5-7H2,1-4H3. The van der Waals surface area contributed by atoms with Crippen LogP contribution in [0.1, 0.15) is 40.5 Å². The molecule has 0 aromatic carbocycles. The number of carbonyl (C=O) groups is 1. The molecule has 1 heterocycles. The van der Waals surface area contributed by atoms with E-state index in [1.54, 1.807) is 0 Å². The summed E-state index contributed by atoms with van der Waals surface area (Å²) in [7, 11) is 0. The molecule has 1 saturated carbocycles. The Bertz CT molecular complexity index is 273. The van der Waals surface area contributed by atoms with Crippen LogP contribution in [0.3, 0.4) is 0 Å². The largest absolute Gasteiger partial charge is 0.323 e. The number of hydrogen-bond donors (Lipinski definition) is 1. The van der Waals surface area contributed by atoms with Crippen LogP contribution in [0.5, 0.6) is 0 Å². The summed E-state index contributed by atoms with van der Waals surface area (Å²) in [6.45, 7) is 9.44. The highest BCUT2D eigenvalue weighted by Crippen LogP contribution is 2.49. The fourth-order valence-corrected chi connectivity index (χ4v) is 2.52. The van der Waals surface area contributed by atoms with Gasteiger partial charge < -0.3 is 4.90 Å². The Kier molecular flexibility index (Phi) is 2.53. The van der Waals surface area contributed by atoms with Crippen LogP contribution in [0.2, 0.25) is 0 Å². The summed E-state index contributed by atoms with van der Waals surface area (Å²) in [6.07, 6.45) is 2.51. The number of hydrogen-bond acceptors (Lipinski definition) is 2. The topological polar surface area (TPSA) is 32.3 Å². The van der Waals surface area contributed by atoms with Crippen molar-refractivity contribution in [2.24, 2.45) is 11.3 Å². The average molecular weight is 210 g/mol. The van der Waals surface area contributed by atoms with Crippen molar-refractivity contribution in [2.75, 3.05) is 6.54 Å². The van der Waals surface area contributed by atoms with Crippen LogP contribution in [-0.4, -0.2) is 29.6 Å². The van der Waals surface area contributed by atoms with Gasteiger partial charge in [-0.05, 0) is 24.2 Å². The first-order valence-corrected chi connectivity index (χ1v) is 5.96. The average Bonchev–Trinajstić information content (AvgIpc) is 2.54. The number of nitrogens with one attached hydrogen (secondary N) is 1. The second kappa shape index (κ2) is 3.48. The van der Waals surface area contributed by atoms with E-state index in [0.717, 1.165) is 12.8 Å². The van der Waals surface area contributed by atoms with E-state index < -0.39 is 0 Å². The van der Waals surface area contributed by atoms with Gasteiger partial charge in [0, 0.05) is 6.04 Å². The van der Waals surface area contributed by atoms with Crippen molar-refractivity contribution in [2.45, 2.75) is 52.7 Å². The molecule has 2 atom stereocenters. The molecule has 1 amide bonds. The van der Waals surface area contributed by atoms with Gasteiger partial charge in [0.15, 0.2) is 0 Å². The maximum absolute atomic E-state index is 11.8. The predicted molar refractivity (Wildman–Crippen MR) is 60.3 cm³/mol. The van der Waals surface area contributed by atoms with Gasteiger partial charge in [0.2, 0.25) is 5.91 Å². The molecule has 0 radical (unpaired) electrons. The quantitative estimate of drug-likeness (QED) is 0.767. The molecule has 2 unspecified atom stereocenters. The SMILES string of the molecule is CC(C)CC1NCC(=O)N1C1CC1(C)C. The Morgan fingerprint density at radius 1 is 1.53 bits per heavy atom. The zero-order valence-electron chi connectivity index (χ0n) is 10.2. The Morgan fingerprint density at radius 2 is 2.13 bits per heavy atom. The summed E-state index contributed by atoms with van der Waals surface area (Å²) in [5, 5.41) is 3.32. The van der Waals surface area contributed by atoms with Crippen LogP contribution in [0.4, 0.5) is 0 Å². The van der Waals surface area contributed by atoms with Crippen molar-refractivity contribution in [3.8, 4) is 0 Å². The van der Waals surface area contributed by atoms with Crippen LogP contribution in [0, 0.1) is 11.3 Å². The second-order valence-corrected chi connectivity index (χ2v) is 6.04. The fourth-order valence-electron chi connectivity index (χ4n) is 2.52. The minimum atomic E-state index is 0.282. The van der Waals surface area contributed by atoms with E-state index in [-0.39, 0.29) is 12.1 Å². The molecule has 1 aliphatic carbocycles. The van der Waals surface area contributed by atoms with E-state index >= 15 is 0 Å². The number of carbonyl (C=O) groups excluding carboxylic acids is 1. The lowest BCUT2D eigenvalue weighted by Gasteiger charge is -2.27. The van der Waals surface area contributed by atoms with Gasteiger partial charge in [-0.3, -0.25) is 10.1 Å². The van der Waals surface area contributed by atoms with Crippen LogP contribution in [0.15, 0.2) is 0 Å². The molecule has 2 aliphatic rings. The van der Waals surface area contributed by atoms with Gasteiger partial charge in [0.25, 0.3) is 0 Å². The molecule has 2 rings (SSSR count). The second-order valence-electron chi connectivity index (χ2n) is 6.04. The first-order chi connectivity index (χ1) is 6.92. The molecule has 2 fully saturated rings. The zero-order valence-corrected chi connectivity index (χ0v) is 10.2. The molecular weight excluding hydrogens is 188 g/mol. The lowest BCUT2D eigenvalue weighted by molar-refractivity contribution is -0.129. The molecule has 1 aliphatic heterocycles. The molecule has 1 saturated heterocycles. The lowest BCUT2D eigenvalue weighted by atomic mass is 10.1. The molecule has 15 heavy (non-hydrogen) atoms. The van der Waals surface area contributed by atoms with Crippen molar-refractivity contribution in [3.05, 3.63) is 0 Å². The third-order valence-electron chi connectivity index (χ3n) is 3.60. The Morgan fingerprint density at radius 3 is 2.60 bits per heavy atom. The van der Waals surface area contributed by atoms with Crippen molar-refractivity contribution in [1.82, 2.24) is 10.2 Å². The molecule has 3 heteroatoms. The number of nitrogens with zero attached hydrogens (tertiary/aromatic N) is 1. The molecule has 1 N–H and O–H groups in total. The van der Waals surface area contributed by atoms with Gasteiger partial charge in [-0.25, -0.2) is 0 Å². The van der Waals surface area contributed by atoms with E-state index in [1.165, 1.54) is 0 Å². The smallest absolute Gasteiger partial charge is 0.238 e. The Balaban J connectivity index is 2.03. The Hall–Kier alpha value is -0.570. The highest BCUT2D eigenvalue weighted by atomic mass is 16.2. The molecule has 0 aromatic rings. The van der Waals surface area contributed by atoms with Crippen molar-refractivity contribution < 1.29 is 4.79 Å². The molecule has 0 spiro atoms. The van der Waals surface area contributed by atoms with Crippen LogP contribution >= 0.6 is 0 Å². The van der Waals surface area contributed by atoms with Gasteiger partial charge in [-0.2, -0.15) is 0 Å². The first-order valence-electron chi connectivity index (χ1n) is 5.96. The molecule has 0 aromatic heterocycles. The van der Waals surface area contributed by atoms with E-state index in [2.05, 4.69) is 37.9 Å². The lowest BCUT2D eigenvalue weighted by Crippen LogP contribution is -2.41. The van der Waals surface area contributed by atoms with E-state index in [1.807, 2.05) is 0 Å². The maximum Gasteiger partial charge on any atom is 0.238 e. The highest BCUT2D eigenvalue weighted by molar-refractivity contribution is 5.81. The van der Waals surface area contributed by atoms with Crippen LogP contribution < -0.4 is 5.32 Å². The fraction of sp³-hybridized carbons (Fsp3) is 0.917. The third-order valence-corrected chi connectivity index (χ3v) is 3.60. The van der Waals surface area contributed by atoms with Crippen molar-refractivity contribution >= 4 is 5.91 Å². The minimum Gasteiger partial charge on any atom is -0.323 e. The monoisotopic (exact) mass is 210 g/mol. The summed E-state index contributed by atoms with van der Waals surface area (Å²) in [5.74, 6) is 0.925. The van der Waals surface area contributed by atoms with Gasteiger partial charge in [0.1, 0.15) is 0 Å². The van der Waals surface area contributed by atoms with Crippen molar-refractivity contribution in [1.29, 1.82) is 0 Å². The van der Waals surface area contributed by atoms with Gasteiger partial charge in [-0.1, -0.05) is 27.7 Å². The van der Waals surface area contributed by atoms with E-state index in [4.69, 9.17) is 0 Å². The molecular formula is C12H22N2O. The summed E-state index contributed by atoms with van der Waals surface area (Å²) in [4.78, 5) is 13.9. The van der Waals surface area contributed by atoms with Crippen molar-refractivity contribution in [3.63, 3.8) is 0 Å². The minimum absolute atomic E-state index is 0.282. The summed E-state index contributed by atoms with van der Waals surface area (Å²) in [5.41, 5.74) is 0.344. The molecule has 3 nitrogen and oxygen atoms in total. The van der Waals surface area contributed by atoms with Crippen LogP contribution in [-0.2, 0) is 4.79 Å². The first kappa shape index (κ1) is 10.9. The molecule has 0 bridgehead atoms. The van der Waals surface area contributed by atoms with E-state index in [9.17, 15) is 4.79 Å². The Labute approximate surface area is 92.2 Å². The van der Waals surface area contributed by atoms with Crippen LogP contribution in [0.25, 0.3) is 0 Å². The normalized spacial score (nSPS) is 33.9. The highest BCUT2D eigenvalue weighted by Gasteiger charge is 2.54. The third kappa shape index (κ3) is 2.03. The van der Waals surface area contributed by atoms with E-state index in [0.29, 0.717) is 23.9 Å². The summed E-state index contributed by atoms with van der Waals surface area (Å²) in [6, 6.07) is 0.476. The zero-order chi connectivity index (χ0) is 11.2. The van der Waals surface area contributed by atoms with Gasteiger partial charge in [0.05, 0.1) is 12.7 Å². The number of rotatable bonds is 3. The summed E-state index contributed by atoms with van der Waals surface area (Å²) < 4.78 is 0. The molecule has 86 valence electrons. The number of amides is 1. The van der Waals surface area contributed by atoms with Gasteiger partial charge >= 0.3 is 0 Å². The maximum atomic E-state index is 11.8. The van der Waals surface area contributed by atoms with Gasteiger partial charge in [-0.15, -0.1) is 0 Å².